The van der Waals surface area contributed by atoms with Crippen LogP contribution in [0.2, 0.25) is 0 Å². The van der Waals surface area contributed by atoms with Gasteiger partial charge in [0.1, 0.15) is 0 Å². The van der Waals surface area contributed by atoms with Crippen LogP contribution in [0.5, 0.6) is 0 Å². The number of hydrogen-bond donors (Lipinski definition) is 2. The van der Waals surface area contributed by atoms with Gasteiger partial charge < -0.3 is 10.4 Å². The second-order valence-electron chi connectivity index (χ2n) is 5.56. The topological polar surface area (TPSA) is 49.3 Å². The van der Waals surface area contributed by atoms with Crippen LogP contribution < -0.4 is 5.32 Å². The van der Waals surface area contributed by atoms with Crippen LogP contribution in [-0.2, 0) is 23.4 Å². The maximum atomic E-state index is 12.5. The van der Waals surface area contributed by atoms with Gasteiger partial charge in [-0.15, -0.1) is 0 Å². The summed E-state index contributed by atoms with van der Waals surface area (Å²) in [5, 5.41) is 12.3. The standard InChI is InChI=1S/C18H19NO2/c20-13-15-7-5-4-6-14(15)12-19-17(21)18(10-11-18)16-8-2-1-3-9-16/h1-9,20H,10-13H2,(H,19,21). The number of nitrogens with one attached hydrogen (secondary N) is 1. The van der Waals surface area contributed by atoms with Gasteiger partial charge >= 0.3 is 0 Å². The third-order valence-electron chi connectivity index (χ3n) is 4.24. The van der Waals surface area contributed by atoms with Crippen LogP contribution in [0.3, 0.4) is 0 Å². The quantitative estimate of drug-likeness (QED) is 0.885. The molecule has 1 amide bonds. The number of aliphatic hydroxyl groups is 1. The van der Waals surface area contributed by atoms with Gasteiger partial charge in [-0.3, -0.25) is 4.79 Å². The fourth-order valence-electron chi connectivity index (χ4n) is 2.76. The van der Waals surface area contributed by atoms with E-state index < -0.39 is 0 Å². The van der Waals surface area contributed by atoms with Crippen molar-refractivity contribution < 1.29 is 9.90 Å². The van der Waals surface area contributed by atoms with Crippen molar-refractivity contribution in [3.8, 4) is 0 Å². The molecule has 3 rings (SSSR count). The highest BCUT2D eigenvalue weighted by Gasteiger charge is 2.50. The van der Waals surface area contributed by atoms with Crippen molar-refractivity contribution in [2.24, 2.45) is 0 Å². The van der Waals surface area contributed by atoms with Crippen LogP contribution >= 0.6 is 0 Å². The van der Waals surface area contributed by atoms with Gasteiger partial charge in [0.2, 0.25) is 5.91 Å². The van der Waals surface area contributed by atoms with E-state index in [1.54, 1.807) is 0 Å². The number of carbonyl (C=O) groups excluding carboxylic acids is 1. The number of amides is 1. The molecule has 1 aliphatic carbocycles. The normalized spacial score (nSPS) is 15.5. The van der Waals surface area contributed by atoms with Crippen LogP contribution in [0, 0.1) is 0 Å². The van der Waals surface area contributed by atoms with Gasteiger partial charge in [-0.2, -0.15) is 0 Å². The predicted molar refractivity (Wildman–Crippen MR) is 81.6 cm³/mol. The molecule has 0 unspecified atom stereocenters. The van der Waals surface area contributed by atoms with Crippen LogP contribution in [-0.4, -0.2) is 11.0 Å². The van der Waals surface area contributed by atoms with Crippen molar-refractivity contribution in [2.45, 2.75) is 31.4 Å². The highest BCUT2D eigenvalue weighted by Crippen LogP contribution is 2.48. The maximum Gasteiger partial charge on any atom is 0.230 e. The van der Waals surface area contributed by atoms with Gasteiger partial charge in [0.15, 0.2) is 0 Å². The molecule has 2 aromatic carbocycles. The molecule has 1 saturated carbocycles. The van der Waals surface area contributed by atoms with E-state index in [0.29, 0.717) is 6.54 Å². The van der Waals surface area contributed by atoms with Gasteiger partial charge in [0.25, 0.3) is 0 Å². The molecule has 3 heteroatoms. The fourth-order valence-corrected chi connectivity index (χ4v) is 2.76. The molecule has 3 nitrogen and oxygen atoms in total. The Kier molecular flexibility index (Phi) is 3.76. The monoisotopic (exact) mass is 281 g/mol. The number of aliphatic hydroxyl groups excluding tert-OH is 1. The molecule has 0 spiro atoms. The van der Waals surface area contributed by atoms with E-state index in [-0.39, 0.29) is 17.9 Å². The lowest BCUT2D eigenvalue weighted by atomic mass is 9.95. The summed E-state index contributed by atoms with van der Waals surface area (Å²) in [4.78, 5) is 12.5. The van der Waals surface area contributed by atoms with Gasteiger partial charge in [-0.05, 0) is 29.5 Å². The van der Waals surface area contributed by atoms with Crippen LogP contribution in [0.4, 0.5) is 0 Å². The van der Waals surface area contributed by atoms with Gasteiger partial charge in [-0.1, -0.05) is 54.6 Å². The Morgan fingerprint density at radius 2 is 1.62 bits per heavy atom. The van der Waals surface area contributed by atoms with Crippen LogP contribution in [0.25, 0.3) is 0 Å². The van der Waals surface area contributed by atoms with Crippen molar-refractivity contribution >= 4 is 5.91 Å². The Labute approximate surface area is 124 Å². The molecule has 0 aromatic heterocycles. The minimum atomic E-state index is -0.338. The number of benzene rings is 2. The highest BCUT2D eigenvalue weighted by molar-refractivity contribution is 5.91. The summed E-state index contributed by atoms with van der Waals surface area (Å²) in [6, 6.07) is 17.6. The summed E-state index contributed by atoms with van der Waals surface area (Å²) in [6.45, 7) is 0.458. The van der Waals surface area contributed by atoms with E-state index in [0.717, 1.165) is 29.5 Å². The zero-order chi connectivity index (χ0) is 14.7. The second-order valence-corrected chi connectivity index (χ2v) is 5.56. The number of carbonyl (C=O) groups is 1. The van der Waals surface area contributed by atoms with Crippen molar-refractivity contribution in [1.29, 1.82) is 0 Å². The molecule has 0 radical (unpaired) electrons. The van der Waals surface area contributed by atoms with E-state index in [1.807, 2.05) is 54.6 Å². The number of rotatable bonds is 5. The van der Waals surface area contributed by atoms with E-state index in [2.05, 4.69) is 5.32 Å². The first kappa shape index (κ1) is 13.8. The number of hydrogen-bond acceptors (Lipinski definition) is 2. The highest BCUT2D eigenvalue weighted by atomic mass is 16.3. The summed E-state index contributed by atoms with van der Waals surface area (Å²) in [7, 11) is 0. The average molecular weight is 281 g/mol. The van der Waals surface area contributed by atoms with E-state index in [1.165, 1.54) is 0 Å². The smallest absolute Gasteiger partial charge is 0.230 e. The SMILES string of the molecule is O=C(NCc1ccccc1CO)C1(c2ccccc2)CC1. The van der Waals surface area contributed by atoms with Crippen LogP contribution in [0.1, 0.15) is 29.5 Å². The fraction of sp³-hybridized carbons (Fsp3) is 0.278. The molecule has 0 heterocycles. The summed E-state index contributed by atoms with van der Waals surface area (Å²) in [5.41, 5.74) is 2.59. The lowest BCUT2D eigenvalue weighted by Gasteiger charge is -2.16. The summed E-state index contributed by atoms with van der Waals surface area (Å²) < 4.78 is 0. The molecule has 1 fully saturated rings. The minimum absolute atomic E-state index is 0.00410. The van der Waals surface area contributed by atoms with Crippen molar-refractivity contribution in [1.82, 2.24) is 5.32 Å². The largest absolute Gasteiger partial charge is 0.392 e. The Bertz CT molecular complexity index is 633. The van der Waals surface area contributed by atoms with Crippen molar-refractivity contribution in [3.05, 3.63) is 71.3 Å². The molecule has 0 atom stereocenters. The van der Waals surface area contributed by atoms with Gasteiger partial charge in [-0.25, -0.2) is 0 Å². The first-order valence-corrected chi connectivity index (χ1v) is 7.28. The molecule has 2 N–H and O–H groups in total. The van der Waals surface area contributed by atoms with Crippen molar-refractivity contribution in [3.63, 3.8) is 0 Å². The molecular formula is C18H19NO2. The van der Waals surface area contributed by atoms with E-state index in [9.17, 15) is 9.90 Å². The maximum absolute atomic E-state index is 12.5. The Hall–Kier alpha value is -2.13. The zero-order valence-corrected chi connectivity index (χ0v) is 11.9. The Morgan fingerprint density at radius 3 is 2.24 bits per heavy atom. The molecule has 1 aliphatic rings. The lowest BCUT2D eigenvalue weighted by Crippen LogP contribution is -2.34. The zero-order valence-electron chi connectivity index (χ0n) is 11.9. The van der Waals surface area contributed by atoms with Crippen molar-refractivity contribution in [2.75, 3.05) is 0 Å². The third kappa shape index (κ3) is 2.69. The minimum Gasteiger partial charge on any atom is -0.392 e. The first-order valence-electron chi connectivity index (χ1n) is 7.28. The summed E-state index contributed by atoms with van der Waals surface area (Å²) in [6.07, 6.45) is 1.81. The predicted octanol–water partition coefficient (Wildman–Crippen LogP) is 2.53. The van der Waals surface area contributed by atoms with E-state index in [4.69, 9.17) is 0 Å². The first-order chi connectivity index (χ1) is 10.3. The molecule has 0 bridgehead atoms. The molecule has 0 aliphatic heterocycles. The molecule has 2 aromatic rings. The van der Waals surface area contributed by atoms with Gasteiger partial charge in [0, 0.05) is 6.54 Å². The van der Waals surface area contributed by atoms with Crippen LogP contribution in [0.15, 0.2) is 54.6 Å². The Morgan fingerprint density at radius 1 is 1.00 bits per heavy atom. The second kappa shape index (κ2) is 5.70. The summed E-state index contributed by atoms with van der Waals surface area (Å²) >= 11 is 0. The third-order valence-corrected chi connectivity index (χ3v) is 4.24. The lowest BCUT2D eigenvalue weighted by molar-refractivity contribution is -0.123. The van der Waals surface area contributed by atoms with Gasteiger partial charge in [0.05, 0.1) is 12.0 Å². The Balaban J connectivity index is 1.70. The molecule has 108 valence electrons. The average Bonchev–Trinajstić information content (AvgIpc) is 3.35. The summed E-state index contributed by atoms with van der Waals surface area (Å²) in [5.74, 6) is 0.0847. The molecule has 0 saturated heterocycles. The molecular weight excluding hydrogens is 262 g/mol. The van der Waals surface area contributed by atoms with E-state index >= 15 is 0 Å². The molecule has 21 heavy (non-hydrogen) atoms.